The first-order chi connectivity index (χ1) is 8.77. The third-order valence-electron chi connectivity index (χ3n) is 4.81. The van der Waals surface area contributed by atoms with Gasteiger partial charge in [-0.15, -0.1) is 0 Å². The van der Waals surface area contributed by atoms with Crippen LogP contribution in [0.1, 0.15) is 96.8 Å². The molecular formula is C17H35N. The molecule has 108 valence electrons. The lowest BCUT2D eigenvalue weighted by atomic mass is 9.88. The SMILES string of the molecule is CNC1(C)CCCCCCCCCCCCCC1. The Hall–Kier alpha value is -0.0400. The van der Waals surface area contributed by atoms with E-state index < -0.39 is 0 Å². The summed E-state index contributed by atoms with van der Waals surface area (Å²) in [5.41, 5.74) is 0.403. The van der Waals surface area contributed by atoms with Crippen molar-refractivity contribution in [3.05, 3.63) is 0 Å². The molecule has 0 aromatic rings. The summed E-state index contributed by atoms with van der Waals surface area (Å²) in [6.07, 6.45) is 20.2. The van der Waals surface area contributed by atoms with E-state index in [4.69, 9.17) is 0 Å². The summed E-state index contributed by atoms with van der Waals surface area (Å²) in [4.78, 5) is 0. The van der Waals surface area contributed by atoms with Crippen LogP contribution in [0.4, 0.5) is 0 Å². The van der Waals surface area contributed by atoms with Crippen LogP contribution in [0, 0.1) is 0 Å². The molecule has 0 unspecified atom stereocenters. The van der Waals surface area contributed by atoms with Crippen LogP contribution in [0.3, 0.4) is 0 Å². The van der Waals surface area contributed by atoms with Crippen molar-refractivity contribution in [2.24, 2.45) is 0 Å². The van der Waals surface area contributed by atoms with E-state index in [9.17, 15) is 0 Å². The molecule has 1 aliphatic carbocycles. The lowest BCUT2D eigenvalue weighted by molar-refractivity contribution is 0.307. The molecule has 0 aromatic heterocycles. The summed E-state index contributed by atoms with van der Waals surface area (Å²) in [5.74, 6) is 0. The van der Waals surface area contributed by atoms with E-state index in [1.165, 1.54) is 89.9 Å². The molecule has 0 atom stereocenters. The Morgan fingerprint density at radius 3 is 1.11 bits per heavy atom. The predicted molar refractivity (Wildman–Crippen MR) is 82.1 cm³/mol. The van der Waals surface area contributed by atoms with E-state index in [2.05, 4.69) is 19.3 Å². The molecule has 1 N–H and O–H groups in total. The molecule has 0 heterocycles. The summed E-state index contributed by atoms with van der Waals surface area (Å²) >= 11 is 0. The summed E-state index contributed by atoms with van der Waals surface area (Å²) in [6, 6.07) is 0. The molecule has 0 amide bonds. The van der Waals surface area contributed by atoms with Gasteiger partial charge in [-0.3, -0.25) is 0 Å². The van der Waals surface area contributed by atoms with E-state index in [0.717, 1.165) is 0 Å². The van der Waals surface area contributed by atoms with Crippen LogP contribution in [0.25, 0.3) is 0 Å². The van der Waals surface area contributed by atoms with E-state index in [1.54, 1.807) is 0 Å². The minimum Gasteiger partial charge on any atom is -0.315 e. The molecule has 0 spiro atoms. The molecule has 1 heteroatoms. The van der Waals surface area contributed by atoms with Crippen molar-refractivity contribution in [2.45, 2.75) is 102 Å². The van der Waals surface area contributed by atoms with Gasteiger partial charge in [0, 0.05) is 5.54 Å². The topological polar surface area (TPSA) is 12.0 Å². The molecule has 0 aromatic carbocycles. The van der Waals surface area contributed by atoms with Gasteiger partial charge in [-0.2, -0.15) is 0 Å². The van der Waals surface area contributed by atoms with Gasteiger partial charge in [0.2, 0.25) is 0 Å². The standard InChI is InChI=1S/C17H35N/c1-17(18-2)15-13-11-9-7-5-3-4-6-8-10-12-14-16-17/h18H,3-16H2,1-2H3. The Morgan fingerprint density at radius 2 is 0.833 bits per heavy atom. The average molecular weight is 253 g/mol. The van der Waals surface area contributed by atoms with Crippen LogP contribution >= 0.6 is 0 Å². The van der Waals surface area contributed by atoms with Gasteiger partial charge in [0.05, 0.1) is 0 Å². The highest BCUT2D eigenvalue weighted by Gasteiger charge is 2.20. The summed E-state index contributed by atoms with van der Waals surface area (Å²) in [5, 5.41) is 3.57. The van der Waals surface area contributed by atoms with E-state index in [0.29, 0.717) is 5.54 Å². The van der Waals surface area contributed by atoms with Crippen molar-refractivity contribution in [1.29, 1.82) is 0 Å². The van der Waals surface area contributed by atoms with Crippen molar-refractivity contribution in [3.8, 4) is 0 Å². The number of hydrogen-bond acceptors (Lipinski definition) is 1. The van der Waals surface area contributed by atoms with Gasteiger partial charge in [0.15, 0.2) is 0 Å². The van der Waals surface area contributed by atoms with Crippen molar-refractivity contribution in [2.75, 3.05) is 7.05 Å². The zero-order chi connectivity index (χ0) is 13.1. The zero-order valence-electron chi connectivity index (χ0n) is 12.9. The van der Waals surface area contributed by atoms with Crippen LogP contribution in [-0.4, -0.2) is 12.6 Å². The maximum absolute atomic E-state index is 3.57. The van der Waals surface area contributed by atoms with Gasteiger partial charge in [0.1, 0.15) is 0 Å². The van der Waals surface area contributed by atoms with Crippen molar-refractivity contribution in [3.63, 3.8) is 0 Å². The first-order valence-electron chi connectivity index (χ1n) is 8.46. The normalized spacial score (nSPS) is 25.0. The Bertz CT molecular complexity index is 172. The van der Waals surface area contributed by atoms with Gasteiger partial charge in [-0.1, -0.05) is 77.0 Å². The second-order valence-electron chi connectivity index (χ2n) is 6.55. The third kappa shape index (κ3) is 7.41. The van der Waals surface area contributed by atoms with Gasteiger partial charge in [-0.05, 0) is 26.8 Å². The second kappa shape index (κ2) is 9.83. The Morgan fingerprint density at radius 1 is 0.556 bits per heavy atom. The maximum atomic E-state index is 3.57. The van der Waals surface area contributed by atoms with Gasteiger partial charge in [-0.25, -0.2) is 0 Å². The smallest absolute Gasteiger partial charge is 0.0150 e. The number of hydrogen-bond donors (Lipinski definition) is 1. The lowest BCUT2D eigenvalue weighted by Crippen LogP contribution is -2.39. The van der Waals surface area contributed by atoms with Crippen molar-refractivity contribution >= 4 is 0 Å². The van der Waals surface area contributed by atoms with Crippen molar-refractivity contribution in [1.82, 2.24) is 5.32 Å². The van der Waals surface area contributed by atoms with Crippen LogP contribution < -0.4 is 5.32 Å². The molecule has 18 heavy (non-hydrogen) atoms. The number of rotatable bonds is 1. The molecule has 1 aliphatic rings. The second-order valence-corrected chi connectivity index (χ2v) is 6.55. The molecule has 0 bridgehead atoms. The fourth-order valence-corrected chi connectivity index (χ4v) is 3.17. The maximum Gasteiger partial charge on any atom is 0.0150 e. The zero-order valence-corrected chi connectivity index (χ0v) is 12.9. The molecule has 1 rings (SSSR count). The minimum atomic E-state index is 0.403. The van der Waals surface area contributed by atoms with Crippen molar-refractivity contribution < 1.29 is 0 Å². The Balaban J connectivity index is 2.29. The van der Waals surface area contributed by atoms with E-state index in [1.807, 2.05) is 0 Å². The number of nitrogens with one attached hydrogen (secondary N) is 1. The van der Waals surface area contributed by atoms with Crippen LogP contribution in [0.2, 0.25) is 0 Å². The van der Waals surface area contributed by atoms with Crippen LogP contribution in [0.5, 0.6) is 0 Å². The van der Waals surface area contributed by atoms with E-state index in [-0.39, 0.29) is 0 Å². The first-order valence-corrected chi connectivity index (χ1v) is 8.46. The highest BCUT2D eigenvalue weighted by Crippen LogP contribution is 2.23. The van der Waals surface area contributed by atoms with Gasteiger partial charge in [0.25, 0.3) is 0 Å². The van der Waals surface area contributed by atoms with Gasteiger partial charge >= 0.3 is 0 Å². The highest BCUT2D eigenvalue weighted by molar-refractivity contribution is 4.81. The predicted octanol–water partition coefficient (Wildman–Crippen LogP) is 5.44. The first kappa shape index (κ1) is 16.0. The molecule has 1 saturated carbocycles. The Labute approximate surface area is 115 Å². The molecule has 0 radical (unpaired) electrons. The molecule has 0 saturated heterocycles. The molecule has 1 fully saturated rings. The summed E-state index contributed by atoms with van der Waals surface area (Å²) < 4.78 is 0. The summed E-state index contributed by atoms with van der Waals surface area (Å²) in [6.45, 7) is 2.42. The molecule has 1 nitrogen and oxygen atoms in total. The molecular weight excluding hydrogens is 218 g/mol. The highest BCUT2D eigenvalue weighted by atomic mass is 14.9. The van der Waals surface area contributed by atoms with Crippen LogP contribution in [0.15, 0.2) is 0 Å². The summed E-state index contributed by atoms with van der Waals surface area (Å²) in [7, 11) is 2.15. The largest absolute Gasteiger partial charge is 0.315 e. The quantitative estimate of drug-likeness (QED) is 0.656. The fraction of sp³-hybridized carbons (Fsp3) is 1.00. The Kier molecular flexibility index (Phi) is 8.75. The minimum absolute atomic E-state index is 0.403. The molecule has 0 aliphatic heterocycles. The monoisotopic (exact) mass is 253 g/mol. The van der Waals surface area contributed by atoms with Gasteiger partial charge < -0.3 is 5.32 Å². The van der Waals surface area contributed by atoms with Crippen LogP contribution in [-0.2, 0) is 0 Å². The van der Waals surface area contributed by atoms with E-state index >= 15 is 0 Å². The fourth-order valence-electron chi connectivity index (χ4n) is 3.17. The average Bonchev–Trinajstić information content (AvgIpc) is 2.39. The lowest BCUT2D eigenvalue weighted by Gasteiger charge is -2.29. The third-order valence-corrected chi connectivity index (χ3v) is 4.81.